The fourth-order valence-corrected chi connectivity index (χ4v) is 3.78. The number of aryl methyl sites for hydroxylation is 1. The molecule has 38 heavy (non-hydrogen) atoms. The molecule has 11 heteroatoms. The molecule has 1 aromatic heterocycles. The Morgan fingerprint density at radius 3 is 2.42 bits per heavy atom. The minimum atomic E-state index is -0.788. The highest BCUT2D eigenvalue weighted by Crippen LogP contribution is 2.20. The summed E-state index contributed by atoms with van der Waals surface area (Å²) in [5, 5.41) is 11.4. The number of carbonyl (C=O) groups excluding carboxylic acids is 3. The Morgan fingerprint density at radius 1 is 1.18 bits per heavy atom. The Bertz CT molecular complexity index is 1350. The second kappa shape index (κ2) is 14.7. The van der Waals surface area contributed by atoms with E-state index in [4.69, 9.17) is 11.6 Å². The first-order chi connectivity index (χ1) is 18.1. The maximum atomic E-state index is 13.2. The third-order valence-electron chi connectivity index (χ3n) is 5.22. The molecule has 0 saturated carbocycles. The summed E-state index contributed by atoms with van der Waals surface area (Å²) >= 11 is 5.84. The summed E-state index contributed by atoms with van der Waals surface area (Å²) < 4.78 is 1.33. The third-order valence-corrected chi connectivity index (χ3v) is 5.47. The molecule has 0 unspecified atom stereocenters. The van der Waals surface area contributed by atoms with Crippen LogP contribution in [0.3, 0.4) is 0 Å². The zero-order chi connectivity index (χ0) is 28.2. The largest absolute Gasteiger partial charge is 0.334 e. The molecule has 1 atom stereocenters. The molecule has 0 spiro atoms. The number of aromatic nitrogens is 2. The van der Waals surface area contributed by atoms with E-state index in [0.29, 0.717) is 33.0 Å². The Kier molecular flexibility index (Phi) is 11.6. The number of allylic oxidation sites excluding steroid dienone is 1. The van der Waals surface area contributed by atoms with Crippen molar-refractivity contribution in [2.45, 2.75) is 39.3 Å². The molecule has 202 valence electrons. The van der Waals surface area contributed by atoms with Gasteiger partial charge in [0.1, 0.15) is 11.9 Å². The van der Waals surface area contributed by atoms with Crippen molar-refractivity contribution in [2.24, 2.45) is 0 Å². The van der Waals surface area contributed by atoms with Gasteiger partial charge in [0.25, 0.3) is 5.56 Å². The minimum absolute atomic E-state index is 0.160. The van der Waals surface area contributed by atoms with Crippen LogP contribution in [0.25, 0.3) is 10.9 Å². The van der Waals surface area contributed by atoms with Gasteiger partial charge in [-0.3, -0.25) is 24.3 Å². The zero-order valence-electron chi connectivity index (χ0n) is 21.9. The maximum Gasteiger partial charge on any atom is 0.319 e. The van der Waals surface area contributed by atoms with E-state index >= 15 is 0 Å². The zero-order valence-corrected chi connectivity index (χ0v) is 22.7. The Balaban J connectivity index is 0.000000773. The van der Waals surface area contributed by atoms with E-state index in [1.807, 2.05) is 21.0 Å². The Labute approximate surface area is 226 Å². The van der Waals surface area contributed by atoms with Crippen LogP contribution in [0.1, 0.15) is 37.2 Å². The van der Waals surface area contributed by atoms with Gasteiger partial charge in [0.15, 0.2) is 0 Å². The van der Waals surface area contributed by atoms with E-state index in [2.05, 4.69) is 32.8 Å². The average Bonchev–Trinajstić information content (AvgIpc) is 2.86. The normalized spacial score (nSPS) is 14.3. The fourth-order valence-electron chi connectivity index (χ4n) is 3.65. The lowest BCUT2D eigenvalue weighted by Gasteiger charge is -2.24. The van der Waals surface area contributed by atoms with Crippen molar-refractivity contribution in [1.29, 1.82) is 0 Å². The standard InChI is InChI=1S/C22H20ClN5O4.C3H6.C2H7N/c1-12-25-17-7-2-13(11-24-22(32)26-15-5-3-14(23)4-6-15)10-16(17)21(31)28(12)18-8-9-19(29)27-20(18)30;2*1-3-2/h2-7,10,18H,8-9,11H2,1H3,(H2,24,26,32)(H,27,29,30);3H,1H2,2H3;3H,1-2H3/t18-;;/m1../s1. The first-order valence-corrected chi connectivity index (χ1v) is 12.3. The number of carbonyl (C=O) groups is 3. The summed E-state index contributed by atoms with van der Waals surface area (Å²) in [7, 11) is 3.75. The molecule has 0 bridgehead atoms. The predicted octanol–water partition coefficient (Wildman–Crippen LogP) is 3.69. The highest BCUT2D eigenvalue weighted by atomic mass is 35.5. The number of nitrogens with one attached hydrogen (secondary N) is 4. The topological polar surface area (TPSA) is 134 Å². The number of nitrogens with zero attached hydrogens (tertiary/aromatic N) is 2. The number of piperidine rings is 1. The van der Waals surface area contributed by atoms with Gasteiger partial charge in [-0.1, -0.05) is 23.7 Å². The lowest BCUT2D eigenvalue weighted by atomic mass is 10.0. The highest BCUT2D eigenvalue weighted by molar-refractivity contribution is 6.30. The molecule has 0 aliphatic carbocycles. The first-order valence-electron chi connectivity index (χ1n) is 12.0. The van der Waals surface area contributed by atoms with Gasteiger partial charge in [-0.05, 0) is 76.3 Å². The van der Waals surface area contributed by atoms with Crippen molar-refractivity contribution in [3.8, 4) is 0 Å². The molecular weight excluding hydrogens is 508 g/mol. The van der Waals surface area contributed by atoms with Crippen molar-refractivity contribution >= 4 is 46.0 Å². The number of anilines is 1. The van der Waals surface area contributed by atoms with Crippen LogP contribution < -0.4 is 26.8 Å². The van der Waals surface area contributed by atoms with Crippen LogP contribution in [-0.4, -0.2) is 41.5 Å². The van der Waals surface area contributed by atoms with E-state index in [9.17, 15) is 19.2 Å². The maximum absolute atomic E-state index is 13.2. The molecule has 4 amide bonds. The van der Waals surface area contributed by atoms with Crippen LogP contribution in [-0.2, 0) is 16.1 Å². The predicted molar refractivity (Wildman–Crippen MR) is 150 cm³/mol. The van der Waals surface area contributed by atoms with Gasteiger partial charge in [-0.25, -0.2) is 9.78 Å². The summed E-state index contributed by atoms with van der Waals surface area (Å²) in [5.74, 6) is -0.467. The van der Waals surface area contributed by atoms with Crippen LogP contribution in [0.15, 0.2) is 59.9 Å². The molecule has 3 aromatic rings. The van der Waals surface area contributed by atoms with Crippen LogP contribution in [0.2, 0.25) is 5.02 Å². The average molecular weight is 541 g/mol. The molecule has 1 aliphatic heterocycles. The van der Waals surface area contributed by atoms with E-state index in [1.54, 1.807) is 55.5 Å². The number of urea groups is 1. The van der Waals surface area contributed by atoms with Gasteiger partial charge < -0.3 is 16.0 Å². The molecule has 2 heterocycles. The summed E-state index contributed by atoms with van der Waals surface area (Å²) in [5.41, 5.74) is 1.42. The monoisotopic (exact) mass is 540 g/mol. The number of imide groups is 1. The lowest BCUT2D eigenvalue weighted by molar-refractivity contribution is -0.135. The van der Waals surface area contributed by atoms with Gasteiger partial charge in [0.2, 0.25) is 11.8 Å². The molecule has 10 nitrogen and oxygen atoms in total. The van der Waals surface area contributed by atoms with Gasteiger partial charge >= 0.3 is 6.03 Å². The number of hydrogen-bond acceptors (Lipinski definition) is 6. The third kappa shape index (κ3) is 8.25. The number of rotatable bonds is 4. The first kappa shape index (κ1) is 30.2. The van der Waals surface area contributed by atoms with Gasteiger partial charge in [-0.15, -0.1) is 6.58 Å². The van der Waals surface area contributed by atoms with E-state index in [-0.39, 0.29) is 30.9 Å². The van der Waals surface area contributed by atoms with Crippen LogP contribution in [0.4, 0.5) is 10.5 Å². The molecule has 1 aliphatic rings. The SMILES string of the molecule is C=CC.CNC.Cc1nc2ccc(CNC(=O)Nc3ccc(Cl)cc3)cc2c(=O)n1[C@@H]1CCC(=O)NC1=O. The Morgan fingerprint density at radius 2 is 1.82 bits per heavy atom. The van der Waals surface area contributed by atoms with Crippen molar-refractivity contribution < 1.29 is 14.4 Å². The molecule has 4 rings (SSSR count). The molecule has 1 saturated heterocycles. The number of benzene rings is 2. The second-order valence-corrected chi connectivity index (χ2v) is 8.81. The fraction of sp³-hybridized carbons (Fsp3) is 0.296. The highest BCUT2D eigenvalue weighted by Gasteiger charge is 2.30. The molecule has 4 N–H and O–H groups in total. The van der Waals surface area contributed by atoms with Gasteiger partial charge in [0.05, 0.1) is 10.9 Å². The smallest absolute Gasteiger partial charge is 0.319 e. The molecule has 0 radical (unpaired) electrons. The molecule has 1 fully saturated rings. The van der Waals surface area contributed by atoms with Gasteiger partial charge in [-0.2, -0.15) is 0 Å². The quantitative estimate of drug-likeness (QED) is 0.294. The van der Waals surface area contributed by atoms with Crippen molar-refractivity contribution in [1.82, 2.24) is 25.5 Å². The number of hydrogen-bond donors (Lipinski definition) is 4. The summed E-state index contributed by atoms with van der Waals surface area (Å²) in [4.78, 5) is 53.5. The second-order valence-electron chi connectivity index (χ2n) is 8.38. The number of fused-ring (bicyclic) bond motifs is 1. The number of amides is 4. The van der Waals surface area contributed by atoms with Crippen molar-refractivity contribution in [3.05, 3.63) is 81.9 Å². The van der Waals surface area contributed by atoms with Crippen LogP contribution in [0, 0.1) is 6.92 Å². The van der Waals surface area contributed by atoms with Crippen LogP contribution >= 0.6 is 11.6 Å². The summed E-state index contributed by atoms with van der Waals surface area (Å²) in [6.45, 7) is 7.09. The minimum Gasteiger partial charge on any atom is -0.334 e. The molecule has 2 aromatic carbocycles. The summed E-state index contributed by atoms with van der Waals surface area (Å²) in [6.07, 6.45) is 2.15. The number of halogens is 1. The molecular formula is C27H33ClN6O4. The van der Waals surface area contributed by atoms with Crippen molar-refractivity contribution in [2.75, 3.05) is 19.4 Å². The van der Waals surface area contributed by atoms with E-state index < -0.39 is 18.0 Å². The van der Waals surface area contributed by atoms with Gasteiger partial charge in [0, 0.05) is 23.7 Å². The Hall–Kier alpha value is -4.02. The van der Waals surface area contributed by atoms with Crippen LogP contribution in [0.5, 0.6) is 0 Å². The van der Waals surface area contributed by atoms with E-state index in [0.717, 1.165) is 0 Å². The summed E-state index contributed by atoms with van der Waals surface area (Å²) in [6, 6.07) is 10.6. The lowest BCUT2D eigenvalue weighted by Crippen LogP contribution is -2.45. The van der Waals surface area contributed by atoms with E-state index in [1.165, 1.54) is 4.57 Å². The van der Waals surface area contributed by atoms with Crippen molar-refractivity contribution in [3.63, 3.8) is 0 Å².